The lowest BCUT2D eigenvalue weighted by atomic mass is 10.0. The van der Waals surface area contributed by atoms with Gasteiger partial charge in [-0.25, -0.2) is 4.98 Å². The van der Waals surface area contributed by atoms with E-state index >= 15 is 0 Å². The second-order valence-electron chi connectivity index (χ2n) is 9.14. The molecule has 9 heteroatoms. The summed E-state index contributed by atoms with van der Waals surface area (Å²) < 4.78 is 5.36. The molecule has 8 nitrogen and oxygen atoms in total. The molecule has 4 heterocycles. The van der Waals surface area contributed by atoms with E-state index in [2.05, 4.69) is 46.0 Å². The third-order valence-corrected chi connectivity index (χ3v) is 7.69. The van der Waals surface area contributed by atoms with E-state index in [4.69, 9.17) is 9.72 Å². The van der Waals surface area contributed by atoms with Gasteiger partial charge in [0, 0.05) is 49.7 Å². The lowest BCUT2D eigenvalue weighted by molar-refractivity contribution is -0.135. The number of fused-ring (bicyclic) bond motifs is 1. The summed E-state index contributed by atoms with van der Waals surface area (Å²) in [6.45, 7) is 11.1. The first-order valence-electron chi connectivity index (χ1n) is 11.9. The fourth-order valence-corrected chi connectivity index (χ4v) is 5.79. The lowest BCUT2D eigenvalue weighted by Crippen LogP contribution is -2.52. The Labute approximate surface area is 203 Å². The first-order chi connectivity index (χ1) is 16.5. The number of H-pyrrole nitrogens is 1. The molecular weight excluding hydrogens is 450 g/mol. The second kappa shape index (κ2) is 9.95. The van der Waals surface area contributed by atoms with Crippen molar-refractivity contribution in [1.29, 1.82) is 0 Å². The highest BCUT2D eigenvalue weighted by atomic mass is 32.1. The van der Waals surface area contributed by atoms with E-state index in [1.165, 1.54) is 5.56 Å². The van der Waals surface area contributed by atoms with Crippen LogP contribution < -0.4 is 5.56 Å². The van der Waals surface area contributed by atoms with Crippen LogP contribution in [0, 0.1) is 13.8 Å². The van der Waals surface area contributed by atoms with Gasteiger partial charge in [0.2, 0.25) is 5.91 Å². The van der Waals surface area contributed by atoms with Crippen molar-refractivity contribution in [2.75, 3.05) is 59.0 Å². The molecule has 180 valence electrons. The smallest absolute Gasteiger partial charge is 0.260 e. The summed E-state index contributed by atoms with van der Waals surface area (Å²) in [6, 6.07) is 8.27. The van der Waals surface area contributed by atoms with E-state index in [-0.39, 0.29) is 11.5 Å². The predicted octanol–water partition coefficient (Wildman–Crippen LogP) is 2.24. The molecule has 0 radical (unpaired) electrons. The van der Waals surface area contributed by atoms with Crippen LogP contribution in [0.3, 0.4) is 0 Å². The third kappa shape index (κ3) is 4.93. The molecule has 5 rings (SSSR count). The summed E-state index contributed by atoms with van der Waals surface area (Å²) in [7, 11) is 0. The van der Waals surface area contributed by atoms with Gasteiger partial charge in [0.05, 0.1) is 31.7 Å². The minimum atomic E-state index is -0.0840. The molecule has 0 aliphatic carbocycles. The van der Waals surface area contributed by atoms with E-state index in [0.717, 1.165) is 47.0 Å². The largest absolute Gasteiger partial charge is 0.379 e. The lowest BCUT2D eigenvalue weighted by Gasteiger charge is -2.36. The first kappa shape index (κ1) is 23.2. The number of aromatic nitrogens is 2. The normalized spacial score (nSPS) is 18.0. The summed E-state index contributed by atoms with van der Waals surface area (Å²) in [5.74, 6) is 0.870. The number of piperazine rings is 1. The first-order valence-corrected chi connectivity index (χ1v) is 12.7. The van der Waals surface area contributed by atoms with Crippen LogP contribution in [0.4, 0.5) is 0 Å². The van der Waals surface area contributed by atoms with Gasteiger partial charge in [-0.2, -0.15) is 0 Å². The molecule has 0 bridgehead atoms. The summed E-state index contributed by atoms with van der Waals surface area (Å²) in [5.41, 5.74) is 3.14. The predicted molar refractivity (Wildman–Crippen MR) is 134 cm³/mol. The van der Waals surface area contributed by atoms with Gasteiger partial charge < -0.3 is 14.6 Å². The number of ether oxygens (including phenoxy) is 1. The molecule has 1 N–H and O–H groups in total. The van der Waals surface area contributed by atoms with E-state index in [9.17, 15) is 9.59 Å². The zero-order chi connectivity index (χ0) is 23.7. The number of carbonyl (C=O) groups is 1. The van der Waals surface area contributed by atoms with Crippen LogP contribution in [-0.4, -0.2) is 89.6 Å². The van der Waals surface area contributed by atoms with Gasteiger partial charge in [-0.15, -0.1) is 11.3 Å². The minimum Gasteiger partial charge on any atom is -0.379 e. The number of morpholine rings is 1. The average Bonchev–Trinajstić information content (AvgIpc) is 3.17. The molecule has 2 saturated heterocycles. The van der Waals surface area contributed by atoms with Crippen molar-refractivity contribution >= 4 is 27.5 Å². The van der Waals surface area contributed by atoms with E-state index in [1.807, 2.05) is 11.8 Å². The monoisotopic (exact) mass is 481 g/mol. The molecule has 0 unspecified atom stereocenters. The number of rotatable bonds is 5. The second-order valence-corrected chi connectivity index (χ2v) is 10.3. The van der Waals surface area contributed by atoms with Crippen LogP contribution in [0.15, 0.2) is 29.1 Å². The van der Waals surface area contributed by atoms with Crippen LogP contribution in [0.1, 0.15) is 16.3 Å². The van der Waals surface area contributed by atoms with Crippen LogP contribution in [0.2, 0.25) is 0 Å². The van der Waals surface area contributed by atoms with Crippen molar-refractivity contribution in [3.8, 4) is 11.1 Å². The molecule has 1 aromatic carbocycles. The fraction of sp³-hybridized carbons (Fsp3) is 0.480. The number of aromatic amines is 1. The molecule has 2 fully saturated rings. The summed E-state index contributed by atoms with van der Waals surface area (Å²) >= 11 is 1.57. The van der Waals surface area contributed by atoms with Gasteiger partial charge in [0.25, 0.3) is 5.56 Å². The standard InChI is InChI=1S/C25H31N5O3S/c1-17-3-5-19(6-4-17)22-18(2)34-25-23(22)24(32)26-20(27-25)15-28-7-9-30(10-8-28)21(31)16-29-11-13-33-14-12-29/h3-6H,7-16H2,1-2H3,(H,26,27,32). The van der Waals surface area contributed by atoms with Crippen molar-refractivity contribution in [2.24, 2.45) is 0 Å². The van der Waals surface area contributed by atoms with E-state index in [0.29, 0.717) is 50.6 Å². The zero-order valence-electron chi connectivity index (χ0n) is 19.8. The SMILES string of the molecule is Cc1ccc(-c2c(C)sc3nc(CN4CCN(C(=O)CN5CCOCC5)CC4)[nH]c(=O)c23)cc1. The van der Waals surface area contributed by atoms with Gasteiger partial charge in [0.1, 0.15) is 10.7 Å². The van der Waals surface area contributed by atoms with Crippen molar-refractivity contribution < 1.29 is 9.53 Å². The zero-order valence-corrected chi connectivity index (χ0v) is 20.6. The van der Waals surface area contributed by atoms with Gasteiger partial charge >= 0.3 is 0 Å². The highest BCUT2D eigenvalue weighted by Gasteiger charge is 2.24. The Morgan fingerprint density at radius 2 is 1.74 bits per heavy atom. The Bertz CT molecular complexity index is 1220. The summed E-state index contributed by atoms with van der Waals surface area (Å²) in [4.78, 5) is 41.8. The van der Waals surface area contributed by atoms with E-state index < -0.39 is 0 Å². The molecule has 2 aliphatic heterocycles. The minimum absolute atomic E-state index is 0.0840. The number of hydrogen-bond acceptors (Lipinski definition) is 7. The van der Waals surface area contributed by atoms with Crippen LogP contribution in [0.25, 0.3) is 21.3 Å². The highest BCUT2D eigenvalue weighted by Crippen LogP contribution is 2.35. The molecule has 0 saturated carbocycles. The van der Waals surface area contributed by atoms with Crippen molar-refractivity contribution in [1.82, 2.24) is 24.7 Å². The van der Waals surface area contributed by atoms with Crippen molar-refractivity contribution in [3.05, 3.63) is 50.9 Å². The van der Waals surface area contributed by atoms with Gasteiger partial charge in [0.15, 0.2) is 0 Å². The van der Waals surface area contributed by atoms with Gasteiger partial charge in [-0.3, -0.25) is 19.4 Å². The molecule has 0 atom stereocenters. The van der Waals surface area contributed by atoms with E-state index in [1.54, 1.807) is 11.3 Å². The Balaban J connectivity index is 1.25. The number of nitrogens with one attached hydrogen (secondary N) is 1. The molecule has 2 aromatic heterocycles. The number of thiophene rings is 1. The van der Waals surface area contributed by atoms with Crippen molar-refractivity contribution in [3.63, 3.8) is 0 Å². The third-order valence-electron chi connectivity index (χ3n) is 6.69. The Hall–Kier alpha value is -2.59. The number of aryl methyl sites for hydroxylation is 2. The molecule has 1 amide bonds. The van der Waals surface area contributed by atoms with Crippen molar-refractivity contribution in [2.45, 2.75) is 20.4 Å². The van der Waals surface area contributed by atoms with Crippen LogP contribution in [0.5, 0.6) is 0 Å². The highest BCUT2D eigenvalue weighted by molar-refractivity contribution is 7.19. The van der Waals surface area contributed by atoms with Gasteiger partial charge in [-0.1, -0.05) is 29.8 Å². The molecular formula is C25H31N5O3S. The maximum atomic E-state index is 13.1. The Kier molecular flexibility index (Phi) is 6.78. The number of nitrogens with zero attached hydrogens (tertiary/aromatic N) is 4. The Morgan fingerprint density at radius 1 is 1.03 bits per heavy atom. The fourth-order valence-electron chi connectivity index (χ4n) is 4.72. The molecule has 0 spiro atoms. The van der Waals surface area contributed by atoms with Crippen LogP contribution in [-0.2, 0) is 16.1 Å². The average molecular weight is 482 g/mol. The quantitative estimate of drug-likeness (QED) is 0.602. The maximum absolute atomic E-state index is 13.1. The van der Waals surface area contributed by atoms with Gasteiger partial charge in [-0.05, 0) is 19.4 Å². The maximum Gasteiger partial charge on any atom is 0.260 e. The van der Waals surface area contributed by atoms with Crippen LogP contribution >= 0.6 is 11.3 Å². The summed E-state index contributed by atoms with van der Waals surface area (Å²) in [5, 5.41) is 0.675. The molecule has 3 aromatic rings. The Morgan fingerprint density at radius 3 is 2.44 bits per heavy atom. The number of benzene rings is 1. The number of carbonyl (C=O) groups excluding carboxylic acids is 1. The molecule has 34 heavy (non-hydrogen) atoms. The number of hydrogen-bond donors (Lipinski definition) is 1. The molecule has 2 aliphatic rings. The topological polar surface area (TPSA) is 81.8 Å². The number of amides is 1. The summed E-state index contributed by atoms with van der Waals surface area (Å²) in [6.07, 6.45) is 0.